The lowest BCUT2D eigenvalue weighted by Gasteiger charge is -2.21. The van der Waals surface area contributed by atoms with E-state index in [9.17, 15) is 14.4 Å². The monoisotopic (exact) mass is 563 g/mol. The van der Waals surface area contributed by atoms with Crippen molar-refractivity contribution in [2.45, 2.75) is 31.7 Å². The summed E-state index contributed by atoms with van der Waals surface area (Å²) in [6.07, 6.45) is 2.55. The second-order valence-electron chi connectivity index (χ2n) is 10.4. The van der Waals surface area contributed by atoms with Gasteiger partial charge < -0.3 is 27.0 Å². The van der Waals surface area contributed by atoms with E-state index >= 15 is 0 Å². The maximum absolute atomic E-state index is 13.3. The van der Waals surface area contributed by atoms with Crippen LogP contribution in [0.3, 0.4) is 0 Å². The molecule has 1 aliphatic heterocycles. The number of hydrogen-bond acceptors (Lipinski definition) is 5. The number of fused-ring (bicyclic) bond motifs is 1. The molecule has 0 aliphatic carbocycles. The molecule has 0 radical (unpaired) electrons. The van der Waals surface area contributed by atoms with Crippen molar-refractivity contribution in [2.75, 3.05) is 32.7 Å². The number of benzene rings is 3. The lowest BCUT2D eigenvalue weighted by atomic mass is 9.94. The Morgan fingerprint density at radius 3 is 2.15 bits per heavy atom. The first-order valence-electron chi connectivity index (χ1n) is 13.9. The number of amides is 3. The van der Waals surface area contributed by atoms with Crippen molar-refractivity contribution >= 4 is 40.1 Å². The smallest absolute Gasteiger partial charge is 0.239 e. The van der Waals surface area contributed by atoms with Gasteiger partial charge in [0, 0.05) is 31.2 Å². The molecule has 3 atom stereocenters. The Morgan fingerprint density at radius 1 is 0.850 bits per heavy atom. The molecule has 0 aromatic heterocycles. The summed E-state index contributed by atoms with van der Waals surface area (Å²) in [6.45, 7) is 1.76. The zero-order valence-corrected chi connectivity index (χ0v) is 23.4. The van der Waals surface area contributed by atoms with Gasteiger partial charge in [0.1, 0.15) is 0 Å². The van der Waals surface area contributed by atoms with Crippen molar-refractivity contribution in [3.8, 4) is 0 Å². The van der Waals surface area contributed by atoms with Crippen LogP contribution in [0.15, 0.2) is 66.7 Å². The van der Waals surface area contributed by atoms with Gasteiger partial charge in [0.15, 0.2) is 0 Å². The molecule has 1 fully saturated rings. The zero-order chi connectivity index (χ0) is 28.5. The van der Waals surface area contributed by atoms with Crippen LogP contribution in [-0.2, 0) is 27.2 Å². The molecule has 1 heterocycles. The Morgan fingerprint density at radius 2 is 1.48 bits per heavy atom. The van der Waals surface area contributed by atoms with Crippen LogP contribution in [-0.4, -0.2) is 61.4 Å². The third kappa shape index (κ3) is 7.81. The third-order valence-corrected chi connectivity index (χ3v) is 7.70. The zero-order valence-electron chi connectivity index (χ0n) is 22.7. The van der Waals surface area contributed by atoms with Gasteiger partial charge in [0.25, 0.3) is 0 Å². The molecule has 4 rings (SSSR count). The van der Waals surface area contributed by atoms with E-state index in [1.807, 2.05) is 24.3 Å². The number of hydrogen-bond donors (Lipinski definition) is 4. The number of nitrogens with zero attached hydrogens (tertiary/aromatic N) is 1. The van der Waals surface area contributed by atoms with Gasteiger partial charge in [-0.05, 0) is 66.3 Å². The largest absolute Gasteiger partial charge is 0.356 e. The third-order valence-electron chi connectivity index (χ3n) is 7.45. The number of halogens is 1. The van der Waals surface area contributed by atoms with Gasteiger partial charge in [-0.3, -0.25) is 14.4 Å². The molecule has 3 aromatic rings. The topological polar surface area (TPSA) is 131 Å². The predicted molar refractivity (Wildman–Crippen MR) is 159 cm³/mol. The average Bonchev–Trinajstić information content (AvgIpc) is 3.42. The minimum Gasteiger partial charge on any atom is -0.356 e. The van der Waals surface area contributed by atoms with Crippen molar-refractivity contribution in [1.82, 2.24) is 15.5 Å². The molecule has 0 spiro atoms. The van der Waals surface area contributed by atoms with Crippen LogP contribution in [0.25, 0.3) is 10.8 Å². The maximum atomic E-state index is 13.3. The second-order valence-corrected chi connectivity index (χ2v) is 10.8. The lowest BCUT2D eigenvalue weighted by Crippen LogP contribution is -2.44. The summed E-state index contributed by atoms with van der Waals surface area (Å²) in [5.74, 6) is -2.04. The number of unbranched alkanes of at least 4 members (excludes halogenated alkanes) is 1. The van der Waals surface area contributed by atoms with Gasteiger partial charge >= 0.3 is 0 Å². The minimum atomic E-state index is -0.788. The second kappa shape index (κ2) is 14.3. The molecule has 212 valence electrons. The van der Waals surface area contributed by atoms with Gasteiger partial charge in [-0.1, -0.05) is 66.2 Å². The molecule has 8 nitrogen and oxygen atoms in total. The van der Waals surface area contributed by atoms with Crippen molar-refractivity contribution < 1.29 is 14.4 Å². The Bertz CT molecular complexity index is 1320. The van der Waals surface area contributed by atoms with Crippen LogP contribution in [0, 0.1) is 11.8 Å². The molecule has 1 saturated heterocycles. The summed E-state index contributed by atoms with van der Waals surface area (Å²) in [5.41, 5.74) is 13.8. The Labute approximate surface area is 240 Å². The van der Waals surface area contributed by atoms with Gasteiger partial charge in [-0.25, -0.2) is 0 Å². The minimum absolute atomic E-state index is 0.149. The Hall–Kier alpha value is -3.46. The van der Waals surface area contributed by atoms with Crippen LogP contribution in [0.1, 0.15) is 24.0 Å². The fraction of sp³-hybridized carbons (Fsp3) is 0.387. The molecule has 9 heteroatoms. The predicted octanol–water partition coefficient (Wildman–Crippen LogP) is 2.65. The number of carbonyl (C=O) groups is 3. The fourth-order valence-corrected chi connectivity index (χ4v) is 5.30. The standard InChI is InChI=1S/C31H38ClN5O3/c32-25-11-8-21(9-12-25)18-28(34)31(40)37-19-26(29(38)35-15-4-3-14-33)27(20-37)30(39)36-16-13-22-7-10-23-5-1-2-6-24(23)17-22/h1-2,5-12,17,26-28H,3-4,13-16,18-20,33-34H2,(H,35,38)(H,36,39)/t26-,27-,28+/m1/s1. The highest BCUT2D eigenvalue weighted by Gasteiger charge is 2.44. The van der Waals surface area contributed by atoms with Crippen molar-refractivity contribution in [2.24, 2.45) is 23.3 Å². The van der Waals surface area contributed by atoms with E-state index in [0.717, 1.165) is 29.4 Å². The van der Waals surface area contributed by atoms with E-state index in [1.165, 1.54) is 5.39 Å². The number of nitrogens with two attached hydrogens (primary N) is 2. The van der Waals surface area contributed by atoms with E-state index in [0.29, 0.717) is 37.5 Å². The van der Waals surface area contributed by atoms with Crippen LogP contribution in [0.5, 0.6) is 0 Å². The summed E-state index contributed by atoms with van der Waals surface area (Å²) < 4.78 is 0. The summed E-state index contributed by atoms with van der Waals surface area (Å²) in [7, 11) is 0. The van der Waals surface area contributed by atoms with Gasteiger partial charge in [-0.15, -0.1) is 0 Å². The van der Waals surface area contributed by atoms with Crippen LogP contribution < -0.4 is 22.1 Å². The number of rotatable bonds is 12. The van der Waals surface area contributed by atoms with E-state index in [-0.39, 0.29) is 30.8 Å². The molecule has 3 amide bonds. The quantitative estimate of drug-likeness (QED) is 0.252. The molecule has 0 unspecified atom stereocenters. The molecule has 0 saturated carbocycles. The highest BCUT2D eigenvalue weighted by molar-refractivity contribution is 6.30. The van der Waals surface area contributed by atoms with Gasteiger partial charge in [-0.2, -0.15) is 0 Å². The van der Waals surface area contributed by atoms with E-state index in [4.69, 9.17) is 23.1 Å². The van der Waals surface area contributed by atoms with Crippen molar-refractivity contribution in [1.29, 1.82) is 0 Å². The Balaban J connectivity index is 1.38. The van der Waals surface area contributed by atoms with E-state index in [1.54, 1.807) is 17.0 Å². The van der Waals surface area contributed by atoms with Crippen molar-refractivity contribution in [3.05, 3.63) is 82.9 Å². The lowest BCUT2D eigenvalue weighted by molar-refractivity contribution is -0.132. The summed E-state index contributed by atoms with van der Waals surface area (Å²) in [5, 5.41) is 8.85. The van der Waals surface area contributed by atoms with E-state index < -0.39 is 17.9 Å². The number of likely N-dealkylation sites (tertiary alicyclic amines) is 1. The fourth-order valence-electron chi connectivity index (χ4n) is 5.18. The molecule has 6 N–H and O–H groups in total. The first-order valence-corrected chi connectivity index (χ1v) is 14.3. The first-order chi connectivity index (χ1) is 19.4. The molecule has 3 aromatic carbocycles. The normalized spacial score (nSPS) is 17.5. The SMILES string of the molecule is NCCCCNC(=O)[C@@H]1CN(C(=O)[C@@H](N)Cc2ccc(Cl)cc2)C[C@H]1C(=O)NCCc1ccc2ccccc2c1. The molecule has 0 bridgehead atoms. The van der Waals surface area contributed by atoms with Gasteiger partial charge in [0.05, 0.1) is 17.9 Å². The Kier molecular flexibility index (Phi) is 10.5. The first kappa shape index (κ1) is 29.5. The van der Waals surface area contributed by atoms with Crippen LogP contribution in [0.4, 0.5) is 0 Å². The summed E-state index contributed by atoms with van der Waals surface area (Å²) in [6, 6.07) is 20.8. The van der Waals surface area contributed by atoms with Crippen molar-refractivity contribution in [3.63, 3.8) is 0 Å². The maximum Gasteiger partial charge on any atom is 0.239 e. The van der Waals surface area contributed by atoms with E-state index in [2.05, 4.69) is 41.0 Å². The highest BCUT2D eigenvalue weighted by atomic mass is 35.5. The summed E-state index contributed by atoms with van der Waals surface area (Å²) in [4.78, 5) is 41.2. The molecule has 40 heavy (non-hydrogen) atoms. The highest BCUT2D eigenvalue weighted by Crippen LogP contribution is 2.25. The number of carbonyl (C=O) groups excluding carboxylic acids is 3. The average molecular weight is 564 g/mol. The number of nitrogens with one attached hydrogen (secondary N) is 2. The van der Waals surface area contributed by atoms with Crippen LogP contribution in [0.2, 0.25) is 5.02 Å². The molecular weight excluding hydrogens is 526 g/mol. The van der Waals surface area contributed by atoms with Gasteiger partial charge in [0.2, 0.25) is 17.7 Å². The summed E-state index contributed by atoms with van der Waals surface area (Å²) >= 11 is 5.97. The molecule has 1 aliphatic rings. The molecular formula is C31H38ClN5O3. The van der Waals surface area contributed by atoms with Crippen LogP contribution >= 0.6 is 11.6 Å².